The SMILES string of the molecule is O=C(O)C(F)(F)C1Cc2ccc(Cl)cc2C1. The second kappa shape index (κ2) is 3.70. The van der Waals surface area contributed by atoms with Crippen LogP contribution < -0.4 is 0 Å². The second-order valence-electron chi connectivity index (χ2n) is 3.95. The van der Waals surface area contributed by atoms with Gasteiger partial charge in [-0.25, -0.2) is 4.79 Å². The molecule has 0 radical (unpaired) electrons. The minimum Gasteiger partial charge on any atom is -0.477 e. The Bertz CT molecular complexity index is 446. The van der Waals surface area contributed by atoms with Crippen LogP contribution in [0.5, 0.6) is 0 Å². The zero-order valence-corrected chi connectivity index (χ0v) is 8.97. The first-order valence-electron chi connectivity index (χ1n) is 4.79. The molecule has 1 atom stereocenters. The Morgan fingerprint density at radius 1 is 1.38 bits per heavy atom. The van der Waals surface area contributed by atoms with Gasteiger partial charge < -0.3 is 5.11 Å². The maximum atomic E-state index is 13.3. The number of fused-ring (bicyclic) bond motifs is 1. The fourth-order valence-corrected chi connectivity index (χ4v) is 2.21. The third-order valence-corrected chi connectivity index (χ3v) is 3.13. The van der Waals surface area contributed by atoms with Gasteiger partial charge in [0.2, 0.25) is 0 Å². The van der Waals surface area contributed by atoms with Crippen molar-refractivity contribution in [3.8, 4) is 0 Å². The smallest absolute Gasteiger partial charge is 0.374 e. The van der Waals surface area contributed by atoms with Gasteiger partial charge in [-0.3, -0.25) is 0 Å². The molecule has 0 spiro atoms. The van der Waals surface area contributed by atoms with Crippen molar-refractivity contribution >= 4 is 17.6 Å². The molecule has 1 aliphatic rings. The lowest BCUT2D eigenvalue weighted by Crippen LogP contribution is -2.37. The van der Waals surface area contributed by atoms with Crippen LogP contribution in [0, 0.1) is 5.92 Å². The minimum absolute atomic E-state index is 0.0647. The molecule has 1 aromatic rings. The average Bonchev–Trinajstić information content (AvgIpc) is 2.60. The summed E-state index contributed by atoms with van der Waals surface area (Å²) in [5, 5.41) is 8.94. The molecule has 0 aromatic heterocycles. The van der Waals surface area contributed by atoms with E-state index in [0.29, 0.717) is 5.02 Å². The van der Waals surface area contributed by atoms with Crippen molar-refractivity contribution in [2.45, 2.75) is 18.8 Å². The summed E-state index contributed by atoms with van der Waals surface area (Å²) in [6.45, 7) is 0. The van der Waals surface area contributed by atoms with E-state index in [4.69, 9.17) is 16.7 Å². The van der Waals surface area contributed by atoms with Crippen molar-refractivity contribution in [3.05, 3.63) is 34.3 Å². The number of benzene rings is 1. The van der Waals surface area contributed by atoms with Crippen molar-refractivity contribution in [1.82, 2.24) is 0 Å². The molecule has 0 aliphatic heterocycles. The highest BCUT2D eigenvalue weighted by atomic mass is 35.5. The Labute approximate surface area is 95.8 Å². The van der Waals surface area contributed by atoms with Gasteiger partial charge in [0.25, 0.3) is 0 Å². The third kappa shape index (κ3) is 1.78. The number of carboxylic acid groups (broad SMARTS) is 1. The highest BCUT2D eigenvalue weighted by Gasteiger charge is 2.49. The molecule has 0 fully saturated rings. The van der Waals surface area contributed by atoms with Gasteiger partial charge >= 0.3 is 11.9 Å². The maximum absolute atomic E-state index is 13.3. The van der Waals surface area contributed by atoms with E-state index in [9.17, 15) is 13.6 Å². The Balaban J connectivity index is 2.26. The van der Waals surface area contributed by atoms with Crippen LogP contribution in [0.15, 0.2) is 18.2 Å². The molecule has 1 aliphatic carbocycles. The van der Waals surface area contributed by atoms with Gasteiger partial charge in [-0.2, -0.15) is 8.78 Å². The van der Waals surface area contributed by atoms with Crippen molar-refractivity contribution < 1.29 is 18.7 Å². The lowest BCUT2D eigenvalue weighted by atomic mass is 9.98. The van der Waals surface area contributed by atoms with E-state index in [1.165, 1.54) is 0 Å². The highest BCUT2D eigenvalue weighted by molar-refractivity contribution is 6.30. The molecule has 0 saturated carbocycles. The van der Waals surface area contributed by atoms with Crippen LogP contribution in [-0.4, -0.2) is 17.0 Å². The van der Waals surface area contributed by atoms with Crippen molar-refractivity contribution in [3.63, 3.8) is 0 Å². The van der Waals surface area contributed by atoms with Crippen LogP contribution in [0.3, 0.4) is 0 Å². The lowest BCUT2D eigenvalue weighted by molar-refractivity contribution is -0.172. The largest absolute Gasteiger partial charge is 0.477 e. The van der Waals surface area contributed by atoms with Gasteiger partial charge in [0, 0.05) is 10.9 Å². The molecular formula is C11H9ClF2O2. The first-order valence-corrected chi connectivity index (χ1v) is 5.17. The van der Waals surface area contributed by atoms with Gasteiger partial charge in [0.1, 0.15) is 0 Å². The van der Waals surface area contributed by atoms with Gasteiger partial charge in [-0.05, 0) is 36.1 Å². The average molecular weight is 247 g/mol. The van der Waals surface area contributed by atoms with E-state index in [0.717, 1.165) is 11.1 Å². The molecule has 0 saturated heterocycles. The van der Waals surface area contributed by atoms with Crippen molar-refractivity contribution in [2.24, 2.45) is 5.92 Å². The molecule has 0 heterocycles. The van der Waals surface area contributed by atoms with Gasteiger partial charge in [-0.1, -0.05) is 17.7 Å². The van der Waals surface area contributed by atoms with Gasteiger partial charge in [0.05, 0.1) is 0 Å². The van der Waals surface area contributed by atoms with Crippen LogP contribution in [-0.2, 0) is 17.6 Å². The first-order chi connectivity index (χ1) is 7.41. The quantitative estimate of drug-likeness (QED) is 0.871. The first kappa shape index (κ1) is 11.3. The Hall–Kier alpha value is -1.16. The predicted molar refractivity (Wildman–Crippen MR) is 54.9 cm³/mol. The predicted octanol–water partition coefficient (Wildman–Crippen LogP) is 2.77. The summed E-state index contributed by atoms with van der Waals surface area (Å²) in [4.78, 5) is 10.5. The normalized spacial score (nSPS) is 19.6. The molecular weight excluding hydrogens is 238 g/mol. The summed E-state index contributed by atoms with van der Waals surface area (Å²) in [6, 6.07) is 4.92. The van der Waals surface area contributed by atoms with Crippen molar-refractivity contribution in [1.29, 1.82) is 0 Å². The van der Waals surface area contributed by atoms with Crippen LogP contribution in [0.1, 0.15) is 11.1 Å². The minimum atomic E-state index is -3.68. The number of rotatable bonds is 2. The Morgan fingerprint density at radius 2 is 2.00 bits per heavy atom. The highest BCUT2D eigenvalue weighted by Crippen LogP contribution is 2.38. The van der Waals surface area contributed by atoms with Crippen LogP contribution >= 0.6 is 11.6 Å². The van der Waals surface area contributed by atoms with E-state index in [1.807, 2.05) is 0 Å². The number of alkyl halides is 2. The number of hydrogen-bond donors (Lipinski definition) is 1. The maximum Gasteiger partial charge on any atom is 0.374 e. The van der Waals surface area contributed by atoms with E-state index in [-0.39, 0.29) is 12.8 Å². The van der Waals surface area contributed by atoms with Crippen molar-refractivity contribution in [2.75, 3.05) is 0 Å². The molecule has 16 heavy (non-hydrogen) atoms. The topological polar surface area (TPSA) is 37.3 Å². The monoisotopic (exact) mass is 246 g/mol. The molecule has 2 rings (SSSR count). The molecule has 1 N–H and O–H groups in total. The Morgan fingerprint density at radius 3 is 2.62 bits per heavy atom. The second-order valence-corrected chi connectivity index (χ2v) is 4.38. The summed E-state index contributed by atoms with van der Waals surface area (Å²) >= 11 is 5.74. The fourth-order valence-electron chi connectivity index (χ4n) is 2.02. The van der Waals surface area contributed by atoms with Gasteiger partial charge in [0.15, 0.2) is 0 Å². The van der Waals surface area contributed by atoms with E-state index < -0.39 is 17.8 Å². The third-order valence-electron chi connectivity index (χ3n) is 2.90. The van der Waals surface area contributed by atoms with Crippen LogP contribution in [0.2, 0.25) is 5.02 Å². The zero-order valence-electron chi connectivity index (χ0n) is 8.21. The van der Waals surface area contributed by atoms with Gasteiger partial charge in [-0.15, -0.1) is 0 Å². The lowest BCUT2D eigenvalue weighted by Gasteiger charge is -2.17. The number of halogens is 3. The number of carboxylic acids is 1. The fraction of sp³-hybridized carbons (Fsp3) is 0.364. The van der Waals surface area contributed by atoms with E-state index in [1.54, 1.807) is 18.2 Å². The zero-order chi connectivity index (χ0) is 11.9. The molecule has 0 bridgehead atoms. The standard InChI is InChI=1S/C11H9ClF2O2/c12-9-2-1-6-3-8(4-7(6)5-9)11(13,14)10(15)16/h1-2,5,8H,3-4H2,(H,15,16). The molecule has 2 nitrogen and oxygen atoms in total. The molecule has 0 amide bonds. The molecule has 86 valence electrons. The number of hydrogen-bond acceptors (Lipinski definition) is 1. The van der Waals surface area contributed by atoms with Crippen LogP contribution in [0.25, 0.3) is 0 Å². The molecule has 1 aromatic carbocycles. The van der Waals surface area contributed by atoms with E-state index in [2.05, 4.69) is 0 Å². The molecule has 1 unspecified atom stereocenters. The number of aliphatic carboxylic acids is 1. The van der Waals surface area contributed by atoms with Crippen LogP contribution in [0.4, 0.5) is 8.78 Å². The molecule has 5 heteroatoms. The summed E-state index contributed by atoms with van der Waals surface area (Å²) in [5.74, 6) is -6.90. The van der Waals surface area contributed by atoms with E-state index >= 15 is 0 Å². The summed E-state index contributed by atoms with van der Waals surface area (Å²) in [6.07, 6.45) is 0.154. The summed E-state index contributed by atoms with van der Waals surface area (Å²) in [5.41, 5.74) is 1.48. The number of carbonyl (C=O) groups is 1. The summed E-state index contributed by atoms with van der Waals surface area (Å²) in [7, 11) is 0. The summed E-state index contributed by atoms with van der Waals surface area (Å²) < 4.78 is 26.6. The Kier molecular flexibility index (Phi) is 2.62.